The van der Waals surface area contributed by atoms with Crippen molar-refractivity contribution in [1.82, 2.24) is 9.55 Å². The second-order valence-corrected chi connectivity index (χ2v) is 1.57. The van der Waals surface area contributed by atoms with Crippen LogP contribution in [0.5, 0.6) is 5.88 Å². The number of nitrogens with two attached hydrogens (primary N) is 1. The normalized spacial score (nSPS) is 7.70. The fraction of sp³-hybridized carbons (Fsp3) is 0.250. The summed E-state index contributed by atoms with van der Waals surface area (Å²) in [6.45, 7) is 0. The van der Waals surface area contributed by atoms with Gasteiger partial charge in [-0.1, -0.05) is 0 Å². The van der Waals surface area contributed by atoms with Crippen molar-refractivity contribution in [3.63, 3.8) is 0 Å². The third kappa shape index (κ3) is 3.27. The summed E-state index contributed by atoms with van der Waals surface area (Å²) in [6.07, 6.45) is 1.44. The standard InChI is InChI=1S/C4H7N3O.2Na.2H/c1-7-2-3(8)6-4(7)5;;;;/h2,8H,1H3,(H2,5,6);;;;. The van der Waals surface area contributed by atoms with E-state index >= 15 is 0 Å². The summed E-state index contributed by atoms with van der Waals surface area (Å²) in [7, 11) is 1.71. The SMILES string of the molecule is Cn1cc(O)nc1N.[NaH].[NaH]. The van der Waals surface area contributed by atoms with Crippen molar-refractivity contribution in [3.05, 3.63) is 6.20 Å². The Morgan fingerprint density at radius 2 is 2.10 bits per heavy atom. The first-order valence-corrected chi connectivity index (χ1v) is 2.18. The van der Waals surface area contributed by atoms with E-state index in [1.165, 1.54) is 10.8 Å². The molecule has 3 N–H and O–H groups in total. The Morgan fingerprint density at radius 3 is 2.20 bits per heavy atom. The zero-order chi connectivity index (χ0) is 6.15. The van der Waals surface area contributed by atoms with Gasteiger partial charge in [0.2, 0.25) is 11.8 Å². The molecule has 0 aliphatic carbocycles. The van der Waals surface area contributed by atoms with Gasteiger partial charge in [0.05, 0.1) is 6.20 Å². The van der Waals surface area contributed by atoms with Gasteiger partial charge in [0, 0.05) is 7.05 Å². The summed E-state index contributed by atoms with van der Waals surface area (Å²) >= 11 is 0. The molecule has 0 spiro atoms. The van der Waals surface area contributed by atoms with Gasteiger partial charge in [-0.2, -0.15) is 4.98 Å². The number of rotatable bonds is 0. The number of hydrogen-bond donors (Lipinski definition) is 2. The van der Waals surface area contributed by atoms with Gasteiger partial charge in [0.15, 0.2) is 0 Å². The molecule has 0 bridgehead atoms. The quantitative estimate of drug-likeness (QED) is 0.451. The summed E-state index contributed by atoms with van der Waals surface area (Å²) in [6, 6.07) is 0. The average Bonchev–Trinajstić information content (AvgIpc) is 1.85. The Hall–Kier alpha value is 0.810. The molecule has 4 nitrogen and oxygen atoms in total. The van der Waals surface area contributed by atoms with Crippen LogP contribution in [0.1, 0.15) is 0 Å². The maximum absolute atomic E-state index is 8.62. The summed E-state index contributed by atoms with van der Waals surface area (Å²) in [5.74, 6) is 0.285. The molecule has 1 rings (SSSR count). The number of anilines is 1. The molecule has 0 atom stereocenters. The van der Waals surface area contributed by atoms with Crippen molar-refractivity contribution in [2.45, 2.75) is 0 Å². The molecule has 1 aromatic heterocycles. The van der Waals surface area contributed by atoms with Crippen LogP contribution in [0.15, 0.2) is 6.20 Å². The molecule has 0 radical (unpaired) electrons. The van der Waals surface area contributed by atoms with Crippen LogP contribution in [0.3, 0.4) is 0 Å². The van der Waals surface area contributed by atoms with Crippen molar-refractivity contribution < 1.29 is 5.11 Å². The zero-order valence-electron chi connectivity index (χ0n) is 4.50. The first kappa shape index (κ1) is 13.4. The Labute approximate surface area is 103 Å². The Morgan fingerprint density at radius 1 is 1.60 bits per heavy atom. The second-order valence-electron chi connectivity index (χ2n) is 1.57. The summed E-state index contributed by atoms with van der Waals surface area (Å²) in [5, 5.41) is 8.62. The number of nitrogens with zero attached hydrogens (tertiary/aromatic N) is 2. The minimum atomic E-state index is -0.0370. The molecule has 10 heavy (non-hydrogen) atoms. The summed E-state index contributed by atoms with van der Waals surface area (Å²) in [4.78, 5) is 3.51. The van der Waals surface area contributed by atoms with Crippen LogP contribution >= 0.6 is 0 Å². The zero-order valence-corrected chi connectivity index (χ0v) is 4.50. The molecule has 0 aliphatic heterocycles. The van der Waals surface area contributed by atoms with Crippen molar-refractivity contribution in [1.29, 1.82) is 0 Å². The molecule has 1 heterocycles. The van der Waals surface area contributed by atoms with Gasteiger partial charge in [0.25, 0.3) is 0 Å². The number of hydrogen-bond acceptors (Lipinski definition) is 3. The van der Waals surface area contributed by atoms with Gasteiger partial charge in [-0.25, -0.2) is 0 Å². The van der Waals surface area contributed by atoms with Crippen molar-refractivity contribution in [2.75, 3.05) is 5.73 Å². The van der Waals surface area contributed by atoms with Gasteiger partial charge in [-0.15, -0.1) is 0 Å². The van der Waals surface area contributed by atoms with E-state index in [1.54, 1.807) is 7.05 Å². The Kier molecular flexibility index (Phi) is 7.32. The molecule has 0 saturated heterocycles. The van der Waals surface area contributed by atoms with Crippen LogP contribution in [0.25, 0.3) is 0 Å². The molecule has 48 valence electrons. The van der Waals surface area contributed by atoms with E-state index in [-0.39, 0.29) is 65.0 Å². The predicted octanol–water partition coefficient (Wildman–Crippen LogP) is -1.59. The molecule has 0 aromatic carbocycles. The second kappa shape index (κ2) is 5.46. The topological polar surface area (TPSA) is 64.1 Å². The van der Waals surface area contributed by atoms with Crippen molar-refractivity contribution in [2.24, 2.45) is 7.05 Å². The summed E-state index contributed by atoms with van der Waals surface area (Å²) in [5.41, 5.74) is 5.23. The molecule has 1 aromatic rings. The van der Waals surface area contributed by atoms with Crippen molar-refractivity contribution in [3.8, 4) is 5.88 Å². The first-order chi connectivity index (χ1) is 3.70. The number of nitrogen functional groups attached to an aromatic ring is 1. The van der Waals surface area contributed by atoms with Gasteiger partial charge in [-0.05, 0) is 0 Å². The average molecular weight is 161 g/mol. The fourth-order valence-electron chi connectivity index (χ4n) is 0.464. The van der Waals surface area contributed by atoms with Crippen LogP contribution in [-0.2, 0) is 7.05 Å². The first-order valence-electron chi connectivity index (χ1n) is 2.18. The van der Waals surface area contributed by atoms with Crippen LogP contribution in [0.4, 0.5) is 5.95 Å². The van der Waals surface area contributed by atoms with Gasteiger partial charge >= 0.3 is 59.1 Å². The van der Waals surface area contributed by atoms with E-state index in [0.717, 1.165) is 0 Å². The number of aromatic nitrogens is 2. The van der Waals surface area contributed by atoms with E-state index in [4.69, 9.17) is 10.8 Å². The molecule has 0 aliphatic rings. The van der Waals surface area contributed by atoms with Crippen LogP contribution in [0, 0.1) is 0 Å². The Bertz CT molecular complexity index is 181. The van der Waals surface area contributed by atoms with Gasteiger partial charge < -0.3 is 15.4 Å². The van der Waals surface area contributed by atoms with Crippen LogP contribution < -0.4 is 5.73 Å². The van der Waals surface area contributed by atoms with E-state index in [0.29, 0.717) is 5.95 Å². The van der Waals surface area contributed by atoms with E-state index in [1.807, 2.05) is 0 Å². The molecule has 0 fully saturated rings. The van der Waals surface area contributed by atoms with E-state index < -0.39 is 0 Å². The predicted molar refractivity (Wildman–Crippen MR) is 43.6 cm³/mol. The Balaban J connectivity index is 0. The molecule has 6 heteroatoms. The van der Waals surface area contributed by atoms with E-state index in [2.05, 4.69) is 4.98 Å². The minimum absolute atomic E-state index is 0. The molecule has 0 unspecified atom stereocenters. The van der Waals surface area contributed by atoms with Crippen LogP contribution in [0.2, 0.25) is 0 Å². The monoisotopic (exact) mass is 161 g/mol. The molecule has 0 amide bonds. The third-order valence-corrected chi connectivity index (χ3v) is 0.900. The van der Waals surface area contributed by atoms with Gasteiger partial charge in [0.1, 0.15) is 0 Å². The van der Waals surface area contributed by atoms with Crippen LogP contribution in [-0.4, -0.2) is 73.8 Å². The molecule has 0 saturated carbocycles. The molecular formula is C4H9N3Na2O. The summed E-state index contributed by atoms with van der Waals surface area (Å²) < 4.78 is 1.54. The maximum atomic E-state index is 8.62. The number of aryl methyl sites for hydroxylation is 1. The number of aromatic hydroxyl groups is 1. The fourth-order valence-corrected chi connectivity index (χ4v) is 0.464. The number of imidazole rings is 1. The van der Waals surface area contributed by atoms with Crippen molar-refractivity contribution >= 4 is 65.1 Å². The molecular weight excluding hydrogens is 152 g/mol. The van der Waals surface area contributed by atoms with Gasteiger partial charge in [-0.3, -0.25) is 0 Å². The third-order valence-electron chi connectivity index (χ3n) is 0.900. The van der Waals surface area contributed by atoms with E-state index in [9.17, 15) is 0 Å².